The van der Waals surface area contributed by atoms with Gasteiger partial charge in [0, 0.05) is 43.5 Å². The minimum atomic E-state index is -0.0662. The van der Waals surface area contributed by atoms with Gasteiger partial charge in [-0.25, -0.2) is 4.98 Å². The largest absolute Gasteiger partial charge is 0.338 e. The Morgan fingerprint density at radius 1 is 1.11 bits per heavy atom. The van der Waals surface area contributed by atoms with Crippen molar-refractivity contribution >= 4 is 11.7 Å². The zero-order valence-electron chi connectivity index (χ0n) is 15.9. The number of benzene rings is 1. The predicted octanol–water partition coefficient (Wildman–Crippen LogP) is 3.91. The smallest absolute Gasteiger partial charge is 0.254 e. The van der Waals surface area contributed by atoms with E-state index >= 15 is 0 Å². The monoisotopic (exact) mass is 365 g/mol. The van der Waals surface area contributed by atoms with Crippen molar-refractivity contribution in [1.82, 2.24) is 14.5 Å². The number of carbonyl (C=O) groups is 2. The normalized spacial score (nSPS) is 20.3. The molecule has 142 valence electrons. The fourth-order valence-electron chi connectivity index (χ4n) is 4.31. The zero-order chi connectivity index (χ0) is 18.8. The molecule has 1 saturated carbocycles. The Labute approximate surface area is 160 Å². The first-order chi connectivity index (χ1) is 13.1. The molecule has 0 radical (unpaired) electrons. The highest BCUT2D eigenvalue weighted by Gasteiger charge is 2.30. The molecule has 2 aliphatic rings. The van der Waals surface area contributed by atoms with Crippen molar-refractivity contribution in [3.8, 4) is 0 Å². The molecule has 1 aromatic heterocycles. The molecular formula is C22H27N3O2. The van der Waals surface area contributed by atoms with Crippen LogP contribution >= 0.6 is 0 Å². The van der Waals surface area contributed by atoms with Crippen LogP contribution in [0.25, 0.3) is 0 Å². The van der Waals surface area contributed by atoms with E-state index in [-0.39, 0.29) is 17.6 Å². The molecule has 1 amide bonds. The molecule has 1 aliphatic heterocycles. The highest BCUT2D eigenvalue weighted by atomic mass is 16.2. The summed E-state index contributed by atoms with van der Waals surface area (Å²) in [6.07, 6.45) is 9.97. The van der Waals surface area contributed by atoms with Gasteiger partial charge in [-0.05, 0) is 44.6 Å². The molecule has 0 bridgehead atoms. The SMILES string of the molecule is CC(=O)c1ccccc1C(=O)N1CCC[C@@H](c2nccn2CC2CCC2)C1. The Hall–Kier alpha value is -2.43. The van der Waals surface area contributed by atoms with Crippen molar-refractivity contribution in [3.05, 3.63) is 53.6 Å². The summed E-state index contributed by atoms with van der Waals surface area (Å²) in [5.74, 6) is 2.05. The Kier molecular flexibility index (Phi) is 5.10. The summed E-state index contributed by atoms with van der Waals surface area (Å²) in [6, 6.07) is 7.14. The second-order valence-corrected chi connectivity index (χ2v) is 7.93. The summed E-state index contributed by atoms with van der Waals surface area (Å²) in [6.45, 7) is 3.98. The summed E-state index contributed by atoms with van der Waals surface area (Å²) in [7, 11) is 0. The fraction of sp³-hybridized carbons (Fsp3) is 0.500. The van der Waals surface area contributed by atoms with Crippen LogP contribution in [0.5, 0.6) is 0 Å². The van der Waals surface area contributed by atoms with Crippen molar-refractivity contribution in [2.75, 3.05) is 13.1 Å². The van der Waals surface area contributed by atoms with E-state index in [1.807, 2.05) is 23.2 Å². The Bertz CT molecular complexity index is 838. The van der Waals surface area contributed by atoms with Crippen LogP contribution in [0, 0.1) is 5.92 Å². The van der Waals surface area contributed by atoms with Gasteiger partial charge in [0.05, 0.1) is 5.56 Å². The van der Waals surface area contributed by atoms with Crippen LogP contribution in [0.1, 0.15) is 71.5 Å². The van der Waals surface area contributed by atoms with E-state index in [0.29, 0.717) is 17.7 Å². The average Bonchev–Trinajstić information content (AvgIpc) is 3.12. The summed E-state index contributed by atoms with van der Waals surface area (Å²) in [4.78, 5) is 31.5. The second kappa shape index (κ2) is 7.67. The minimum absolute atomic E-state index is 0.0393. The molecule has 1 aliphatic carbocycles. The molecule has 1 saturated heterocycles. The minimum Gasteiger partial charge on any atom is -0.338 e. The number of likely N-dealkylation sites (tertiary alicyclic amines) is 1. The number of rotatable bonds is 5. The molecule has 4 rings (SSSR count). The summed E-state index contributed by atoms with van der Waals surface area (Å²) in [5.41, 5.74) is 1.03. The lowest BCUT2D eigenvalue weighted by Crippen LogP contribution is -2.40. The van der Waals surface area contributed by atoms with E-state index in [0.717, 1.165) is 37.7 Å². The first-order valence-corrected chi connectivity index (χ1v) is 10.0. The number of ketones is 1. The summed E-state index contributed by atoms with van der Waals surface area (Å²) < 4.78 is 2.30. The highest BCUT2D eigenvalue weighted by molar-refractivity contribution is 6.07. The van der Waals surface area contributed by atoms with Crippen molar-refractivity contribution < 1.29 is 9.59 Å². The van der Waals surface area contributed by atoms with E-state index in [1.54, 1.807) is 12.1 Å². The lowest BCUT2D eigenvalue weighted by molar-refractivity contribution is 0.0698. The van der Waals surface area contributed by atoms with Gasteiger partial charge in [0.2, 0.25) is 0 Å². The lowest BCUT2D eigenvalue weighted by atomic mass is 9.85. The van der Waals surface area contributed by atoms with Crippen LogP contribution in [0.2, 0.25) is 0 Å². The van der Waals surface area contributed by atoms with Gasteiger partial charge in [0.1, 0.15) is 5.82 Å². The van der Waals surface area contributed by atoms with Crippen LogP contribution < -0.4 is 0 Å². The molecule has 0 spiro atoms. The van der Waals surface area contributed by atoms with Gasteiger partial charge in [-0.1, -0.05) is 24.6 Å². The third-order valence-corrected chi connectivity index (χ3v) is 6.04. The standard InChI is InChI=1S/C22H27N3O2/c1-16(26)19-9-2-3-10-20(19)22(27)25-12-5-8-18(15-25)21-23-11-13-24(21)14-17-6-4-7-17/h2-3,9-11,13,17-18H,4-8,12,14-15H2,1H3/t18-/m1/s1. The second-order valence-electron chi connectivity index (χ2n) is 7.93. The molecule has 27 heavy (non-hydrogen) atoms. The molecule has 2 aromatic rings. The number of piperidine rings is 1. The lowest BCUT2D eigenvalue weighted by Gasteiger charge is -2.34. The number of amides is 1. The zero-order valence-corrected chi connectivity index (χ0v) is 15.9. The summed E-state index contributed by atoms with van der Waals surface area (Å²) in [5, 5.41) is 0. The van der Waals surface area contributed by atoms with Gasteiger partial charge in [-0.15, -0.1) is 0 Å². The van der Waals surface area contributed by atoms with Gasteiger partial charge in [-0.2, -0.15) is 0 Å². The van der Waals surface area contributed by atoms with Crippen molar-refractivity contribution in [1.29, 1.82) is 0 Å². The predicted molar refractivity (Wildman–Crippen MR) is 104 cm³/mol. The molecule has 2 heterocycles. The molecule has 5 nitrogen and oxygen atoms in total. The van der Waals surface area contributed by atoms with Gasteiger partial charge >= 0.3 is 0 Å². The van der Waals surface area contributed by atoms with E-state index in [4.69, 9.17) is 0 Å². The number of aromatic nitrogens is 2. The molecule has 0 N–H and O–H groups in total. The van der Waals surface area contributed by atoms with Gasteiger partial charge < -0.3 is 9.47 Å². The maximum Gasteiger partial charge on any atom is 0.254 e. The molecule has 5 heteroatoms. The third-order valence-electron chi connectivity index (χ3n) is 6.04. The van der Waals surface area contributed by atoms with Crippen molar-refractivity contribution in [2.45, 2.75) is 51.5 Å². The van der Waals surface area contributed by atoms with Gasteiger partial charge in [-0.3, -0.25) is 9.59 Å². The van der Waals surface area contributed by atoms with E-state index in [9.17, 15) is 9.59 Å². The summed E-state index contributed by atoms with van der Waals surface area (Å²) >= 11 is 0. The fourth-order valence-corrected chi connectivity index (χ4v) is 4.31. The Balaban J connectivity index is 1.51. The number of carbonyl (C=O) groups excluding carboxylic acids is 2. The van der Waals surface area contributed by atoms with Gasteiger partial charge in [0.15, 0.2) is 5.78 Å². The van der Waals surface area contributed by atoms with E-state index in [1.165, 1.54) is 26.2 Å². The van der Waals surface area contributed by atoms with Crippen LogP contribution in [-0.2, 0) is 6.54 Å². The number of hydrogen-bond donors (Lipinski definition) is 0. The van der Waals surface area contributed by atoms with Crippen LogP contribution in [0.15, 0.2) is 36.7 Å². The number of Topliss-reactive ketones (excluding diaryl/α,β-unsaturated/α-hetero) is 1. The molecule has 1 aromatic carbocycles. The quantitative estimate of drug-likeness (QED) is 0.755. The highest BCUT2D eigenvalue weighted by Crippen LogP contribution is 2.31. The molecule has 1 atom stereocenters. The topological polar surface area (TPSA) is 55.2 Å². The van der Waals surface area contributed by atoms with Crippen LogP contribution in [0.4, 0.5) is 0 Å². The van der Waals surface area contributed by atoms with Crippen LogP contribution in [-0.4, -0.2) is 39.2 Å². The van der Waals surface area contributed by atoms with Crippen LogP contribution in [0.3, 0.4) is 0 Å². The number of imidazole rings is 1. The van der Waals surface area contributed by atoms with Crippen molar-refractivity contribution in [3.63, 3.8) is 0 Å². The molecule has 2 fully saturated rings. The van der Waals surface area contributed by atoms with Crippen molar-refractivity contribution in [2.24, 2.45) is 5.92 Å². The number of nitrogens with zero attached hydrogens (tertiary/aromatic N) is 3. The Morgan fingerprint density at radius 3 is 2.59 bits per heavy atom. The van der Waals surface area contributed by atoms with E-state index in [2.05, 4.69) is 15.7 Å². The average molecular weight is 365 g/mol. The molecule has 0 unspecified atom stereocenters. The maximum absolute atomic E-state index is 13.1. The number of hydrogen-bond acceptors (Lipinski definition) is 3. The molecular weight excluding hydrogens is 338 g/mol. The first kappa shape index (κ1) is 18.0. The first-order valence-electron chi connectivity index (χ1n) is 10.0. The third kappa shape index (κ3) is 3.68. The van der Waals surface area contributed by atoms with Gasteiger partial charge in [0.25, 0.3) is 5.91 Å². The Morgan fingerprint density at radius 2 is 1.89 bits per heavy atom. The van der Waals surface area contributed by atoms with E-state index < -0.39 is 0 Å². The maximum atomic E-state index is 13.1.